The Hall–Kier alpha value is 0.147. The third-order valence-electron chi connectivity index (χ3n) is 0. The zero-order valence-corrected chi connectivity index (χ0v) is 4.91. The fourth-order valence-electron chi connectivity index (χ4n) is 0. The van der Waals surface area contributed by atoms with E-state index in [-0.39, 0.29) is 13.5 Å². The van der Waals surface area contributed by atoms with Gasteiger partial charge in [-0.3, -0.25) is 4.70 Å². The maximum atomic E-state index is 2.27. The summed E-state index contributed by atoms with van der Waals surface area (Å²) in [4.78, 5) is 0. The molecule has 0 amide bonds. The largest absolute Gasteiger partial charge is 0.269 e. The Bertz CT molecular complexity index is 11.6. The second-order valence-electron chi connectivity index (χ2n) is 1.50. The van der Waals surface area contributed by atoms with E-state index >= 15 is 0 Å². The molecule has 0 rings (SSSR count). The summed E-state index contributed by atoms with van der Waals surface area (Å²) in [5.41, 5.74) is 0. The molecule has 0 aliphatic rings. The van der Waals surface area contributed by atoms with Crippen molar-refractivity contribution >= 4 is 8.80 Å². The lowest BCUT2D eigenvalue weighted by Gasteiger charge is -1.75. The van der Waals surface area contributed by atoms with Crippen LogP contribution in [0.4, 0.5) is 4.70 Å². The van der Waals surface area contributed by atoms with Crippen LogP contribution in [-0.4, -0.2) is 8.80 Å². The number of hydrogen-bond donors (Lipinski definition) is 0. The Morgan fingerprint density at radius 1 is 1.00 bits per heavy atom. The quantitative estimate of drug-likeness (QED) is 0.398. The molecule has 0 nitrogen and oxygen atoms in total. The molecular weight excluding hydrogens is 83.1 g/mol. The molecule has 0 N–H and O–H groups in total. The highest BCUT2D eigenvalue weighted by molar-refractivity contribution is 6.54. The Labute approximate surface area is 34.2 Å². The lowest BCUT2D eigenvalue weighted by molar-refractivity contribution is 1.11. The van der Waals surface area contributed by atoms with Crippen LogP contribution in [0.3, 0.4) is 0 Å². The van der Waals surface area contributed by atoms with Gasteiger partial charge in [0, 0.05) is 8.80 Å². The third-order valence-corrected chi connectivity index (χ3v) is 0. The van der Waals surface area contributed by atoms with Crippen LogP contribution in [0.15, 0.2) is 0 Å². The highest BCUT2D eigenvalue weighted by Crippen LogP contribution is 1.68. The van der Waals surface area contributed by atoms with E-state index in [0.29, 0.717) is 0 Å². The maximum Gasteiger partial charge on any atom is 0.0379 e. The van der Waals surface area contributed by atoms with Crippen molar-refractivity contribution in [1.82, 2.24) is 0 Å². The Balaban J connectivity index is 0. The van der Waals surface area contributed by atoms with E-state index in [0.717, 1.165) is 0 Å². The average molecular weight is 93.2 g/mol. The number of hydrogen-bond acceptors (Lipinski definition) is 0. The standard InChI is InChI=1S/C3H9Si.FH/c1-4(2)3;/h1-3H3;1H. The van der Waals surface area contributed by atoms with Gasteiger partial charge in [0.1, 0.15) is 0 Å². The fraction of sp³-hybridized carbons (Fsp3) is 1.00. The van der Waals surface area contributed by atoms with Crippen molar-refractivity contribution in [3.63, 3.8) is 0 Å². The summed E-state index contributed by atoms with van der Waals surface area (Å²) in [6.45, 7) is 6.81. The molecule has 0 bridgehead atoms. The van der Waals surface area contributed by atoms with Gasteiger partial charge < -0.3 is 0 Å². The molecule has 0 aromatic heterocycles. The van der Waals surface area contributed by atoms with Gasteiger partial charge in [-0.2, -0.15) is 0 Å². The molecule has 2 heteroatoms. The second-order valence-corrected chi connectivity index (χ2v) is 4.50. The van der Waals surface area contributed by atoms with Crippen molar-refractivity contribution in [2.45, 2.75) is 19.6 Å². The van der Waals surface area contributed by atoms with Gasteiger partial charge >= 0.3 is 0 Å². The van der Waals surface area contributed by atoms with Crippen LogP contribution in [-0.2, 0) is 0 Å². The van der Waals surface area contributed by atoms with Gasteiger partial charge in [-0.25, -0.2) is 0 Å². The molecule has 1 radical (unpaired) electrons. The summed E-state index contributed by atoms with van der Waals surface area (Å²) in [5.74, 6) is 0. The molecule has 5 heavy (non-hydrogen) atoms. The van der Waals surface area contributed by atoms with Gasteiger partial charge in [0.2, 0.25) is 0 Å². The molecule has 0 fully saturated rings. The maximum absolute atomic E-state index is 2.27. The summed E-state index contributed by atoms with van der Waals surface area (Å²) in [6.07, 6.45) is 0. The van der Waals surface area contributed by atoms with Crippen LogP contribution in [0, 0.1) is 0 Å². The summed E-state index contributed by atoms with van der Waals surface area (Å²) in [6, 6.07) is 0. The van der Waals surface area contributed by atoms with Crippen LogP contribution in [0.2, 0.25) is 19.6 Å². The van der Waals surface area contributed by atoms with Crippen LogP contribution in [0.25, 0.3) is 0 Å². The Morgan fingerprint density at radius 3 is 1.00 bits per heavy atom. The molecule has 0 saturated carbocycles. The fourth-order valence-corrected chi connectivity index (χ4v) is 0. The zero-order chi connectivity index (χ0) is 3.58. The van der Waals surface area contributed by atoms with Crippen LogP contribution < -0.4 is 0 Å². The predicted molar refractivity (Wildman–Crippen MR) is 25.8 cm³/mol. The van der Waals surface area contributed by atoms with Gasteiger partial charge in [-0.05, 0) is 0 Å². The average Bonchev–Trinajstić information content (AvgIpc) is 0.811. The van der Waals surface area contributed by atoms with Crippen LogP contribution >= 0.6 is 0 Å². The van der Waals surface area contributed by atoms with E-state index in [4.69, 9.17) is 0 Å². The highest BCUT2D eigenvalue weighted by atomic mass is 28.3. The lowest BCUT2D eigenvalue weighted by atomic mass is 11.8. The minimum absolute atomic E-state index is 0. The molecule has 0 atom stereocenters. The highest BCUT2D eigenvalue weighted by Gasteiger charge is 1.72. The van der Waals surface area contributed by atoms with Crippen LogP contribution in [0.1, 0.15) is 0 Å². The molecule has 0 aromatic carbocycles. The molecule has 0 saturated heterocycles. The minimum atomic E-state index is 0. The first kappa shape index (κ1) is 8.94. The molecule has 0 aliphatic carbocycles. The van der Waals surface area contributed by atoms with Crippen molar-refractivity contribution in [1.29, 1.82) is 0 Å². The van der Waals surface area contributed by atoms with E-state index in [9.17, 15) is 0 Å². The normalized spacial score (nSPS) is 7.20. The smallest absolute Gasteiger partial charge is 0.0379 e. The van der Waals surface area contributed by atoms with E-state index in [1.54, 1.807) is 0 Å². The molecule has 0 aliphatic heterocycles. The van der Waals surface area contributed by atoms with Gasteiger partial charge in [0.15, 0.2) is 0 Å². The first-order chi connectivity index (χ1) is 1.73. The second kappa shape index (κ2) is 4.15. The third kappa shape index (κ3) is 886. The van der Waals surface area contributed by atoms with E-state index in [2.05, 4.69) is 19.6 Å². The van der Waals surface area contributed by atoms with Gasteiger partial charge in [0.25, 0.3) is 0 Å². The van der Waals surface area contributed by atoms with Gasteiger partial charge in [0.05, 0.1) is 0 Å². The van der Waals surface area contributed by atoms with E-state index in [1.165, 1.54) is 0 Å². The van der Waals surface area contributed by atoms with Gasteiger partial charge in [-0.1, -0.05) is 19.6 Å². The first-order valence-electron chi connectivity index (χ1n) is 1.50. The zero-order valence-electron chi connectivity index (χ0n) is 3.91. The summed E-state index contributed by atoms with van der Waals surface area (Å²) in [5, 5.41) is 0. The van der Waals surface area contributed by atoms with Crippen molar-refractivity contribution in [3.8, 4) is 0 Å². The monoisotopic (exact) mass is 93.1 g/mol. The molecule has 0 aromatic rings. The van der Waals surface area contributed by atoms with Crippen molar-refractivity contribution in [2.24, 2.45) is 0 Å². The van der Waals surface area contributed by atoms with E-state index < -0.39 is 0 Å². The SMILES string of the molecule is C[Si](C)C.F. The predicted octanol–water partition coefficient (Wildman–Crippen LogP) is 1.52. The molecular formula is C3H10FSi. The topological polar surface area (TPSA) is 0 Å². The Morgan fingerprint density at radius 2 is 1.00 bits per heavy atom. The number of halogens is 1. The number of rotatable bonds is 0. The van der Waals surface area contributed by atoms with Crippen molar-refractivity contribution in [2.75, 3.05) is 0 Å². The van der Waals surface area contributed by atoms with E-state index in [1.807, 2.05) is 0 Å². The summed E-state index contributed by atoms with van der Waals surface area (Å²) < 4.78 is 0. The van der Waals surface area contributed by atoms with Gasteiger partial charge in [-0.15, -0.1) is 0 Å². The summed E-state index contributed by atoms with van der Waals surface area (Å²) in [7, 11) is 0.120. The van der Waals surface area contributed by atoms with Crippen molar-refractivity contribution in [3.05, 3.63) is 0 Å². The molecule has 33 valence electrons. The first-order valence-corrected chi connectivity index (χ1v) is 4.50. The lowest BCUT2D eigenvalue weighted by Crippen LogP contribution is -1.84. The Kier molecular flexibility index (Phi) is 7.41. The molecule has 0 spiro atoms. The summed E-state index contributed by atoms with van der Waals surface area (Å²) >= 11 is 0. The van der Waals surface area contributed by atoms with Crippen molar-refractivity contribution < 1.29 is 4.70 Å². The van der Waals surface area contributed by atoms with Crippen LogP contribution in [0.5, 0.6) is 0 Å². The molecule has 0 unspecified atom stereocenters. The minimum Gasteiger partial charge on any atom is -0.269 e. The molecule has 0 heterocycles.